The molecule has 0 spiro atoms. The summed E-state index contributed by atoms with van der Waals surface area (Å²) in [4.78, 5) is 39.6. The van der Waals surface area contributed by atoms with E-state index in [9.17, 15) is 14.4 Å². The van der Waals surface area contributed by atoms with Crippen LogP contribution in [0.5, 0.6) is 0 Å². The normalized spacial score (nSPS) is 10.5. The van der Waals surface area contributed by atoms with Gasteiger partial charge in [0.05, 0.1) is 17.9 Å². The number of nitrogens with one attached hydrogen (secondary N) is 4. The molecule has 0 aliphatic heterocycles. The molecule has 0 fully saturated rings. The number of carbonyl (C=O) groups is 3. The maximum atomic E-state index is 12.5. The summed E-state index contributed by atoms with van der Waals surface area (Å²) in [6.07, 6.45) is -0.453. The van der Waals surface area contributed by atoms with Gasteiger partial charge in [-0.3, -0.25) is 25.8 Å². The van der Waals surface area contributed by atoms with Gasteiger partial charge in [0.2, 0.25) is 0 Å². The molecule has 0 aliphatic rings. The number of anilines is 1. The predicted molar refractivity (Wildman–Crippen MR) is 111 cm³/mol. The lowest BCUT2D eigenvalue weighted by Gasteiger charge is -2.12. The van der Waals surface area contributed by atoms with Crippen LogP contribution in [0.15, 0.2) is 48.5 Å². The first kappa shape index (κ1) is 21.2. The number of hydrogen-bond acceptors (Lipinski definition) is 5. The van der Waals surface area contributed by atoms with Gasteiger partial charge in [-0.2, -0.15) is 0 Å². The summed E-state index contributed by atoms with van der Waals surface area (Å²) in [5.41, 5.74) is 5.93. The highest BCUT2D eigenvalue weighted by Gasteiger charge is 2.16. The number of carbonyl (C=O) groups excluding carboxylic acids is 3. The molecule has 0 aliphatic carbocycles. The van der Waals surface area contributed by atoms with E-state index in [1.54, 1.807) is 36.4 Å². The summed E-state index contributed by atoms with van der Waals surface area (Å²) >= 11 is 5.94. The molecule has 3 aromatic rings. The van der Waals surface area contributed by atoms with Crippen molar-refractivity contribution in [1.29, 1.82) is 0 Å². The summed E-state index contributed by atoms with van der Waals surface area (Å²) < 4.78 is 4.89. The molecule has 0 atom stereocenters. The molecule has 3 rings (SSSR count). The Kier molecular flexibility index (Phi) is 6.89. The van der Waals surface area contributed by atoms with Crippen molar-refractivity contribution in [2.24, 2.45) is 0 Å². The summed E-state index contributed by atoms with van der Waals surface area (Å²) in [5, 5.41) is 12.5. The predicted octanol–water partition coefficient (Wildman–Crippen LogP) is 2.83. The second kappa shape index (κ2) is 9.77. The van der Waals surface area contributed by atoms with Crippen molar-refractivity contribution in [2.45, 2.75) is 6.42 Å². The third kappa shape index (κ3) is 5.28. The summed E-state index contributed by atoms with van der Waals surface area (Å²) in [6, 6.07) is 13.0. The number of fused-ring (bicyclic) bond motifs is 1. The van der Waals surface area contributed by atoms with Crippen molar-refractivity contribution < 1.29 is 24.2 Å². The second-order valence-corrected chi connectivity index (χ2v) is 6.64. The first-order valence-corrected chi connectivity index (χ1v) is 9.38. The van der Waals surface area contributed by atoms with Gasteiger partial charge in [0.25, 0.3) is 11.8 Å². The number of benzene rings is 2. The maximum absolute atomic E-state index is 12.5. The van der Waals surface area contributed by atoms with Crippen molar-refractivity contribution in [3.8, 4) is 0 Å². The van der Waals surface area contributed by atoms with E-state index in [4.69, 9.17) is 21.4 Å². The standard InChI is InChI=1S/C20H19ClN4O5/c21-13-6-7-15-12(10-13)11-17(22-15)19(28)25-24-18(27)14-4-1-2-5-16(14)23-20(29)30-9-3-8-26/h1-2,4-7,10-11,22,26H,3,8-9H2,(H,23,29)(H,24,27)(H,25,28). The third-order valence-corrected chi connectivity index (χ3v) is 4.30. The fourth-order valence-electron chi connectivity index (χ4n) is 2.64. The van der Waals surface area contributed by atoms with Crippen LogP contribution in [0.3, 0.4) is 0 Å². The van der Waals surface area contributed by atoms with Gasteiger partial charge >= 0.3 is 6.09 Å². The number of rotatable bonds is 6. The summed E-state index contributed by atoms with van der Waals surface area (Å²) in [6.45, 7) is -0.0577. The van der Waals surface area contributed by atoms with Gasteiger partial charge in [-0.15, -0.1) is 0 Å². The Morgan fingerprint density at radius 3 is 2.60 bits per heavy atom. The Bertz CT molecular complexity index is 1080. The number of hydrazine groups is 1. The molecule has 0 unspecified atom stereocenters. The first-order chi connectivity index (χ1) is 14.5. The van der Waals surface area contributed by atoms with Crippen LogP contribution in [0.4, 0.5) is 10.5 Å². The summed E-state index contributed by atoms with van der Waals surface area (Å²) in [7, 11) is 0. The third-order valence-electron chi connectivity index (χ3n) is 4.06. The zero-order valence-corrected chi connectivity index (χ0v) is 16.5. The molecule has 0 saturated carbocycles. The van der Waals surface area contributed by atoms with Crippen LogP contribution in [0.2, 0.25) is 5.02 Å². The van der Waals surface area contributed by atoms with Gasteiger partial charge in [-0.05, 0) is 36.4 Å². The number of H-pyrrole nitrogens is 1. The molecule has 0 radical (unpaired) electrons. The van der Waals surface area contributed by atoms with Gasteiger partial charge in [-0.1, -0.05) is 23.7 Å². The monoisotopic (exact) mass is 430 g/mol. The lowest BCUT2D eigenvalue weighted by atomic mass is 10.1. The van der Waals surface area contributed by atoms with E-state index in [1.807, 2.05) is 0 Å². The fraction of sp³-hybridized carbons (Fsp3) is 0.150. The quantitative estimate of drug-likeness (QED) is 0.303. The number of aromatic amines is 1. The number of aliphatic hydroxyl groups is 1. The lowest BCUT2D eigenvalue weighted by Crippen LogP contribution is -2.42. The minimum Gasteiger partial charge on any atom is -0.449 e. The molecule has 156 valence electrons. The minimum atomic E-state index is -0.760. The molecule has 10 heteroatoms. The smallest absolute Gasteiger partial charge is 0.411 e. The largest absolute Gasteiger partial charge is 0.449 e. The molecule has 0 saturated heterocycles. The summed E-state index contributed by atoms with van der Waals surface area (Å²) in [5.74, 6) is -1.18. The van der Waals surface area contributed by atoms with E-state index >= 15 is 0 Å². The molecule has 0 bridgehead atoms. The van der Waals surface area contributed by atoms with Crippen LogP contribution >= 0.6 is 11.6 Å². The SMILES string of the molecule is O=C(Nc1ccccc1C(=O)NNC(=O)c1cc2cc(Cl)ccc2[nH]1)OCCCO. The fourth-order valence-corrected chi connectivity index (χ4v) is 2.82. The van der Waals surface area contributed by atoms with E-state index in [1.165, 1.54) is 12.1 Å². The topological polar surface area (TPSA) is 133 Å². The Morgan fingerprint density at radius 1 is 1.03 bits per heavy atom. The molecule has 30 heavy (non-hydrogen) atoms. The molecule has 1 aromatic heterocycles. The van der Waals surface area contributed by atoms with E-state index in [0.29, 0.717) is 11.4 Å². The number of hydrogen-bond donors (Lipinski definition) is 5. The van der Waals surface area contributed by atoms with Crippen LogP contribution in [-0.4, -0.2) is 41.2 Å². The minimum absolute atomic E-state index is 0.0441. The van der Waals surface area contributed by atoms with Crippen LogP contribution < -0.4 is 16.2 Å². The lowest BCUT2D eigenvalue weighted by molar-refractivity contribution is 0.0845. The van der Waals surface area contributed by atoms with Gasteiger partial charge in [0, 0.05) is 29.0 Å². The number of aromatic nitrogens is 1. The molecule has 9 nitrogen and oxygen atoms in total. The number of halogens is 1. The van der Waals surface area contributed by atoms with E-state index in [-0.39, 0.29) is 30.2 Å². The zero-order valence-electron chi connectivity index (χ0n) is 15.7. The van der Waals surface area contributed by atoms with Crippen LogP contribution in [0.1, 0.15) is 27.3 Å². The van der Waals surface area contributed by atoms with Gasteiger partial charge < -0.3 is 14.8 Å². The highest BCUT2D eigenvalue weighted by molar-refractivity contribution is 6.31. The van der Waals surface area contributed by atoms with Crippen LogP contribution in [0, 0.1) is 0 Å². The van der Waals surface area contributed by atoms with E-state index in [2.05, 4.69) is 21.2 Å². The van der Waals surface area contributed by atoms with Crippen molar-refractivity contribution in [1.82, 2.24) is 15.8 Å². The highest BCUT2D eigenvalue weighted by Crippen LogP contribution is 2.20. The maximum Gasteiger partial charge on any atom is 0.411 e. The van der Waals surface area contributed by atoms with Gasteiger partial charge in [0.1, 0.15) is 5.69 Å². The van der Waals surface area contributed by atoms with Crippen LogP contribution in [0.25, 0.3) is 10.9 Å². The molecule has 2 aromatic carbocycles. The second-order valence-electron chi connectivity index (χ2n) is 6.21. The first-order valence-electron chi connectivity index (χ1n) is 9.00. The van der Waals surface area contributed by atoms with Crippen LogP contribution in [-0.2, 0) is 4.74 Å². The highest BCUT2D eigenvalue weighted by atomic mass is 35.5. The Hall–Kier alpha value is -3.56. The van der Waals surface area contributed by atoms with Crippen molar-refractivity contribution in [2.75, 3.05) is 18.5 Å². The molecular weight excluding hydrogens is 412 g/mol. The molecular formula is C20H19ClN4O5. The zero-order chi connectivity index (χ0) is 21.5. The van der Waals surface area contributed by atoms with E-state index in [0.717, 1.165) is 10.9 Å². The van der Waals surface area contributed by atoms with Gasteiger partial charge in [0.15, 0.2) is 0 Å². The van der Waals surface area contributed by atoms with Crippen molar-refractivity contribution in [3.63, 3.8) is 0 Å². The van der Waals surface area contributed by atoms with E-state index < -0.39 is 17.9 Å². The average Bonchev–Trinajstić information content (AvgIpc) is 3.15. The number of amides is 3. The Labute approximate surface area is 176 Å². The van der Waals surface area contributed by atoms with Gasteiger partial charge in [-0.25, -0.2) is 4.79 Å². The van der Waals surface area contributed by atoms with Crippen molar-refractivity contribution in [3.05, 3.63) is 64.8 Å². The average molecular weight is 431 g/mol. The van der Waals surface area contributed by atoms with Crippen molar-refractivity contribution >= 4 is 46.1 Å². The Balaban J connectivity index is 1.62. The Morgan fingerprint density at radius 2 is 1.80 bits per heavy atom. The number of ether oxygens (including phenoxy) is 1. The molecule has 1 heterocycles. The number of aliphatic hydroxyl groups excluding tert-OH is 1. The molecule has 3 amide bonds. The molecule has 5 N–H and O–H groups in total. The number of para-hydroxylation sites is 1.